The minimum Gasteiger partial charge on any atom is -0.332 e. The number of hydrogen-bond acceptors (Lipinski definition) is 4. The van der Waals surface area contributed by atoms with Gasteiger partial charge in [-0.2, -0.15) is 0 Å². The van der Waals surface area contributed by atoms with Crippen molar-refractivity contribution in [2.75, 3.05) is 6.54 Å². The lowest BCUT2D eigenvalue weighted by molar-refractivity contribution is -0.134. The maximum atomic E-state index is 13.7. The molecule has 0 bridgehead atoms. The van der Waals surface area contributed by atoms with Crippen LogP contribution >= 0.6 is 0 Å². The molecule has 1 aromatic carbocycles. The highest BCUT2D eigenvalue weighted by atomic mass is 19.2. The first-order valence-electron chi connectivity index (χ1n) is 7.93. The summed E-state index contributed by atoms with van der Waals surface area (Å²) >= 11 is 0. The molecule has 134 valence electrons. The number of carbonyl (C=O) groups excluding carboxylic acids is 1. The minimum atomic E-state index is -1.25. The van der Waals surface area contributed by atoms with Gasteiger partial charge in [-0.05, 0) is 25.0 Å². The highest BCUT2D eigenvalue weighted by Crippen LogP contribution is 2.24. The van der Waals surface area contributed by atoms with E-state index in [1.54, 1.807) is 15.8 Å². The first-order valence-corrected chi connectivity index (χ1v) is 7.93. The van der Waals surface area contributed by atoms with E-state index in [4.69, 9.17) is 5.73 Å². The van der Waals surface area contributed by atoms with Crippen LogP contribution in [-0.4, -0.2) is 38.4 Å². The minimum absolute atomic E-state index is 0.0235. The third kappa shape index (κ3) is 3.51. The van der Waals surface area contributed by atoms with E-state index in [-0.39, 0.29) is 30.4 Å². The Bertz CT molecular complexity index is 794. The van der Waals surface area contributed by atoms with E-state index in [0.29, 0.717) is 19.2 Å². The van der Waals surface area contributed by atoms with Gasteiger partial charge in [0.05, 0.1) is 24.5 Å². The van der Waals surface area contributed by atoms with E-state index in [1.165, 1.54) is 0 Å². The summed E-state index contributed by atoms with van der Waals surface area (Å²) in [6, 6.07) is 0.371. The Labute approximate surface area is 142 Å². The maximum absolute atomic E-state index is 13.7. The molecule has 0 aliphatic carbocycles. The first-order chi connectivity index (χ1) is 11.9. The molecule has 2 heterocycles. The van der Waals surface area contributed by atoms with Gasteiger partial charge in [0.2, 0.25) is 5.91 Å². The standard InChI is InChI=1S/C16H18F3N5O/c1-9-15-8-21-22-24(15)3-2-23(9)16(25)6-11(20)4-10-5-13(18)14(19)7-12(10)17/h5,7-9,11H,2-4,6,20H2,1H3/t9?,11-/m1/s1. The molecule has 1 unspecified atom stereocenters. The topological polar surface area (TPSA) is 77.0 Å². The van der Waals surface area contributed by atoms with Gasteiger partial charge in [0.15, 0.2) is 11.6 Å². The quantitative estimate of drug-likeness (QED) is 0.847. The van der Waals surface area contributed by atoms with Crippen LogP contribution in [0, 0.1) is 17.5 Å². The molecule has 6 nitrogen and oxygen atoms in total. The number of rotatable bonds is 4. The van der Waals surface area contributed by atoms with Crippen LogP contribution in [0.2, 0.25) is 0 Å². The Morgan fingerprint density at radius 2 is 2.00 bits per heavy atom. The second kappa shape index (κ2) is 6.83. The van der Waals surface area contributed by atoms with Crippen LogP contribution < -0.4 is 5.73 Å². The molecule has 0 spiro atoms. The van der Waals surface area contributed by atoms with E-state index < -0.39 is 23.5 Å². The van der Waals surface area contributed by atoms with Crippen molar-refractivity contribution in [1.29, 1.82) is 0 Å². The van der Waals surface area contributed by atoms with Crippen molar-refractivity contribution >= 4 is 5.91 Å². The molecule has 1 aliphatic rings. The average molecular weight is 353 g/mol. The van der Waals surface area contributed by atoms with Crippen molar-refractivity contribution in [3.63, 3.8) is 0 Å². The van der Waals surface area contributed by atoms with E-state index in [1.807, 2.05) is 6.92 Å². The Morgan fingerprint density at radius 3 is 2.76 bits per heavy atom. The van der Waals surface area contributed by atoms with Gasteiger partial charge in [-0.15, -0.1) is 5.10 Å². The highest BCUT2D eigenvalue weighted by molar-refractivity contribution is 5.77. The predicted molar refractivity (Wildman–Crippen MR) is 82.8 cm³/mol. The molecule has 2 N–H and O–H groups in total. The Hall–Kier alpha value is -2.42. The van der Waals surface area contributed by atoms with Crippen molar-refractivity contribution < 1.29 is 18.0 Å². The summed E-state index contributed by atoms with van der Waals surface area (Å²) in [4.78, 5) is 14.2. The number of halogens is 3. The van der Waals surface area contributed by atoms with Gasteiger partial charge in [0.25, 0.3) is 0 Å². The van der Waals surface area contributed by atoms with Crippen LogP contribution in [0.15, 0.2) is 18.3 Å². The summed E-state index contributed by atoms with van der Waals surface area (Å²) in [5, 5.41) is 7.77. The predicted octanol–water partition coefficient (Wildman–Crippen LogP) is 1.56. The fourth-order valence-electron chi connectivity index (χ4n) is 3.08. The van der Waals surface area contributed by atoms with Crippen LogP contribution in [0.5, 0.6) is 0 Å². The van der Waals surface area contributed by atoms with Gasteiger partial charge < -0.3 is 10.6 Å². The largest absolute Gasteiger partial charge is 0.332 e. The molecule has 1 aromatic heterocycles. The van der Waals surface area contributed by atoms with Crippen molar-refractivity contribution in [1.82, 2.24) is 19.9 Å². The monoisotopic (exact) mass is 353 g/mol. The second-order valence-corrected chi connectivity index (χ2v) is 6.17. The van der Waals surface area contributed by atoms with Gasteiger partial charge >= 0.3 is 0 Å². The highest BCUT2D eigenvalue weighted by Gasteiger charge is 2.29. The fraction of sp³-hybridized carbons (Fsp3) is 0.438. The smallest absolute Gasteiger partial charge is 0.224 e. The molecule has 0 saturated carbocycles. The molecule has 0 fully saturated rings. The number of benzene rings is 1. The van der Waals surface area contributed by atoms with E-state index in [0.717, 1.165) is 11.8 Å². The lowest BCUT2D eigenvalue weighted by Gasteiger charge is -2.34. The van der Waals surface area contributed by atoms with Crippen LogP contribution in [0.25, 0.3) is 0 Å². The number of carbonyl (C=O) groups is 1. The van der Waals surface area contributed by atoms with Crippen LogP contribution in [0.3, 0.4) is 0 Å². The third-order valence-electron chi connectivity index (χ3n) is 4.42. The van der Waals surface area contributed by atoms with Crippen molar-refractivity contribution in [2.45, 2.75) is 38.4 Å². The van der Waals surface area contributed by atoms with Crippen LogP contribution in [0.4, 0.5) is 13.2 Å². The molecular weight excluding hydrogens is 335 g/mol. The summed E-state index contributed by atoms with van der Waals surface area (Å²) in [6.07, 6.45) is 1.53. The van der Waals surface area contributed by atoms with Gasteiger partial charge in [-0.1, -0.05) is 5.21 Å². The summed E-state index contributed by atoms with van der Waals surface area (Å²) < 4.78 is 41.7. The van der Waals surface area contributed by atoms with E-state index in [9.17, 15) is 18.0 Å². The van der Waals surface area contributed by atoms with Crippen LogP contribution in [0.1, 0.15) is 30.6 Å². The normalized spacial score (nSPS) is 18.1. The molecule has 3 rings (SSSR count). The first kappa shape index (κ1) is 17.4. The summed E-state index contributed by atoms with van der Waals surface area (Å²) in [6.45, 7) is 2.88. The average Bonchev–Trinajstić information content (AvgIpc) is 3.02. The van der Waals surface area contributed by atoms with Crippen molar-refractivity contribution in [3.8, 4) is 0 Å². The molecule has 1 amide bonds. The molecule has 9 heteroatoms. The maximum Gasteiger partial charge on any atom is 0.224 e. The van der Waals surface area contributed by atoms with Gasteiger partial charge in [-0.3, -0.25) is 4.79 Å². The number of fused-ring (bicyclic) bond motifs is 1. The van der Waals surface area contributed by atoms with E-state index >= 15 is 0 Å². The summed E-state index contributed by atoms with van der Waals surface area (Å²) in [5.41, 5.74) is 6.72. The molecule has 0 saturated heterocycles. The summed E-state index contributed by atoms with van der Waals surface area (Å²) in [7, 11) is 0. The zero-order valence-electron chi connectivity index (χ0n) is 13.6. The van der Waals surface area contributed by atoms with E-state index in [2.05, 4.69) is 10.3 Å². The van der Waals surface area contributed by atoms with Crippen LogP contribution in [-0.2, 0) is 17.8 Å². The fourth-order valence-corrected chi connectivity index (χ4v) is 3.08. The molecule has 1 aliphatic heterocycles. The number of aromatic nitrogens is 3. The number of amides is 1. The third-order valence-corrected chi connectivity index (χ3v) is 4.42. The Kier molecular flexibility index (Phi) is 4.76. The van der Waals surface area contributed by atoms with Crippen molar-refractivity contribution in [2.24, 2.45) is 5.73 Å². The number of hydrogen-bond donors (Lipinski definition) is 1. The zero-order chi connectivity index (χ0) is 18.1. The Balaban J connectivity index is 1.64. The zero-order valence-corrected chi connectivity index (χ0v) is 13.6. The number of nitrogens with zero attached hydrogens (tertiary/aromatic N) is 4. The van der Waals surface area contributed by atoms with Gasteiger partial charge in [0, 0.05) is 25.1 Å². The summed E-state index contributed by atoms with van der Waals surface area (Å²) in [5.74, 6) is -3.45. The molecule has 2 atom stereocenters. The molecule has 2 aromatic rings. The SMILES string of the molecule is CC1c2cnnn2CCN1C(=O)C[C@H](N)Cc1cc(F)c(F)cc1F. The van der Waals surface area contributed by atoms with Gasteiger partial charge in [0.1, 0.15) is 5.82 Å². The molecule has 0 radical (unpaired) electrons. The Morgan fingerprint density at radius 1 is 1.28 bits per heavy atom. The van der Waals surface area contributed by atoms with Crippen molar-refractivity contribution in [3.05, 3.63) is 47.0 Å². The second-order valence-electron chi connectivity index (χ2n) is 6.17. The lowest BCUT2D eigenvalue weighted by atomic mass is 10.0. The van der Waals surface area contributed by atoms with Gasteiger partial charge in [-0.25, -0.2) is 17.9 Å². The molecule has 25 heavy (non-hydrogen) atoms. The molecular formula is C16H18F3N5O. The number of nitrogens with two attached hydrogens (primary N) is 1. The lowest BCUT2D eigenvalue weighted by Crippen LogP contribution is -2.43.